The molecule has 1 aliphatic rings. The van der Waals surface area contributed by atoms with Crippen molar-refractivity contribution in [2.24, 2.45) is 5.73 Å². The Hall–Kier alpha value is -3.62. The summed E-state index contributed by atoms with van der Waals surface area (Å²) in [5, 5.41) is 11.7. The quantitative estimate of drug-likeness (QED) is 0.550. The van der Waals surface area contributed by atoms with Crippen LogP contribution in [0, 0.1) is 13.8 Å². The fourth-order valence-corrected chi connectivity index (χ4v) is 4.06. The molecule has 3 heterocycles. The van der Waals surface area contributed by atoms with E-state index >= 15 is 0 Å². The minimum atomic E-state index is -0.431. The van der Waals surface area contributed by atoms with Gasteiger partial charge in [-0.2, -0.15) is 5.10 Å². The number of carbonyl (C=O) groups is 2. The van der Waals surface area contributed by atoms with Gasteiger partial charge in [0.15, 0.2) is 5.65 Å². The molecule has 1 aromatic carbocycles. The minimum Gasteiger partial charge on any atom is -0.379 e. The number of nitrogens with zero attached hydrogens (tertiary/aromatic N) is 4. The molecule has 0 unspecified atom stereocenters. The summed E-state index contributed by atoms with van der Waals surface area (Å²) < 4.78 is 1.79. The molecule has 0 bridgehead atoms. The van der Waals surface area contributed by atoms with Crippen LogP contribution >= 0.6 is 0 Å². The molecule has 1 aliphatic heterocycles. The first-order valence-corrected chi connectivity index (χ1v) is 10.9. The molecule has 9 heteroatoms. The number of hydrogen-bond acceptors (Lipinski definition) is 5. The number of fused-ring (bicyclic) bond motifs is 1. The predicted molar refractivity (Wildman–Crippen MR) is 123 cm³/mol. The molecule has 3 amide bonds. The Labute approximate surface area is 187 Å². The number of likely N-dealkylation sites (tertiary alicyclic amines) is 1. The number of aryl methyl sites for hydroxylation is 3. The summed E-state index contributed by atoms with van der Waals surface area (Å²) >= 11 is 0. The smallest absolute Gasteiger partial charge is 0.314 e. The number of hydrogen-bond donors (Lipinski definition) is 3. The number of urea groups is 1. The molecular formula is C23H29N7O2. The Bertz CT molecular complexity index is 1170. The summed E-state index contributed by atoms with van der Waals surface area (Å²) in [6.07, 6.45) is 4.07. The molecule has 1 atom stereocenters. The van der Waals surface area contributed by atoms with Crippen molar-refractivity contribution >= 4 is 28.7 Å². The fourth-order valence-electron chi connectivity index (χ4n) is 4.06. The maximum atomic E-state index is 13.2. The van der Waals surface area contributed by atoms with Crippen LogP contribution in [-0.4, -0.2) is 50.7 Å². The average molecular weight is 436 g/mol. The number of rotatable bonds is 6. The summed E-state index contributed by atoms with van der Waals surface area (Å²) in [7, 11) is 0. The van der Waals surface area contributed by atoms with Crippen LogP contribution in [0.2, 0.25) is 0 Å². The Kier molecular flexibility index (Phi) is 5.98. The van der Waals surface area contributed by atoms with Crippen molar-refractivity contribution in [1.82, 2.24) is 25.0 Å². The Morgan fingerprint density at radius 3 is 2.72 bits per heavy atom. The van der Waals surface area contributed by atoms with E-state index in [1.807, 2.05) is 13.0 Å². The van der Waals surface area contributed by atoms with Gasteiger partial charge in [0.05, 0.1) is 22.8 Å². The highest BCUT2D eigenvalue weighted by atomic mass is 16.2. The van der Waals surface area contributed by atoms with Crippen molar-refractivity contribution in [2.75, 3.05) is 18.4 Å². The van der Waals surface area contributed by atoms with Crippen molar-refractivity contribution in [3.8, 4) is 0 Å². The van der Waals surface area contributed by atoms with E-state index in [0.717, 1.165) is 17.4 Å². The first-order chi connectivity index (χ1) is 15.4. The van der Waals surface area contributed by atoms with Crippen molar-refractivity contribution in [3.05, 3.63) is 52.8 Å². The zero-order chi connectivity index (χ0) is 22.8. The molecule has 4 N–H and O–H groups in total. The third-order valence-corrected chi connectivity index (χ3v) is 6.08. The van der Waals surface area contributed by atoms with E-state index in [4.69, 9.17) is 5.73 Å². The molecule has 1 fully saturated rings. The molecule has 0 saturated carbocycles. The summed E-state index contributed by atoms with van der Waals surface area (Å²) in [4.78, 5) is 30.8. The zero-order valence-corrected chi connectivity index (χ0v) is 18.7. The summed E-state index contributed by atoms with van der Waals surface area (Å²) in [6.45, 7) is 8.29. The number of amides is 3. The molecule has 0 aliphatic carbocycles. The van der Waals surface area contributed by atoms with Gasteiger partial charge < -0.3 is 21.3 Å². The third kappa shape index (κ3) is 4.23. The Morgan fingerprint density at radius 1 is 1.22 bits per heavy atom. The fraction of sp³-hybridized carbons (Fsp3) is 0.391. The van der Waals surface area contributed by atoms with E-state index < -0.39 is 6.03 Å². The predicted octanol–water partition coefficient (Wildman–Crippen LogP) is 2.56. The second kappa shape index (κ2) is 8.86. The molecule has 1 saturated heterocycles. The van der Waals surface area contributed by atoms with Gasteiger partial charge in [-0.15, -0.1) is 0 Å². The topological polar surface area (TPSA) is 118 Å². The van der Waals surface area contributed by atoms with Gasteiger partial charge in [-0.1, -0.05) is 18.2 Å². The zero-order valence-electron chi connectivity index (χ0n) is 18.7. The highest BCUT2D eigenvalue weighted by Crippen LogP contribution is 2.28. The third-order valence-electron chi connectivity index (χ3n) is 6.08. The standard InChI is InChI=1S/C23H29N7O2/c1-4-30-21-18(12-27-30)20(28-17-7-8-29(13-17)23(24)32)19(11-25-21)22(31)26-10-16-6-5-14(2)15(3)9-16/h5-6,9,11-12,17H,4,7-8,10,13H2,1-3H3,(H2,24,32)(H,25,28)(H,26,31)/t17-/m1/s1. The molecule has 32 heavy (non-hydrogen) atoms. The normalized spacial score (nSPS) is 15.8. The van der Waals surface area contributed by atoms with Crippen molar-refractivity contribution in [1.29, 1.82) is 0 Å². The van der Waals surface area contributed by atoms with Gasteiger partial charge in [0.1, 0.15) is 0 Å². The lowest BCUT2D eigenvalue weighted by atomic mass is 10.1. The molecule has 168 valence electrons. The van der Waals surface area contributed by atoms with Crippen LogP contribution in [0.1, 0.15) is 40.4 Å². The molecular weight excluding hydrogens is 406 g/mol. The van der Waals surface area contributed by atoms with E-state index in [1.165, 1.54) is 11.1 Å². The first-order valence-electron chi connectivity index (χ1n) is 10.9. The van der Waals surface area contributed by atoms with Gasteiger partial charge in [-0.3, -0.25) is 4.79 Å². The minimum absolute atomic E-state index is 0.00984. The number of anilines is 1. The molecule has 4 rings (SSSR count). The highest BCUT2D eigenvalue weighted by molar-refractivity contribution is 6.06. The number of carbonyl (C=O) groups excluding carboxylic acids is 2. The largest absolute Gasteiger partial charge is 0.379 e. The lowest BCUT2D eigenvalue weighted by Crippen LogP contribution is -2.35. The Morgan fingerprint density at radius 2 is 2.03 bits per heavy atom. The van der Waals surface area contributed by atoms with Crippen LogP contribution in [0.3, 0.4) is 0 Å². The van der Waals surface area contributed by atoms with Crippen LogP contribution in [0.25, 0.3) is 11.0 Å². The SMILES string of the molecule is CCn1ncc2c(N[C@@H]3CCN(C(N)=O)C3)c(C(=O)NCc3ccc(C)c(C)c3)cnc21. The number of primary amides is 1. The van der Waals surface area contributed by atoms with Crippen LogP contribution in [-0.2, 0) is 13.1 Å². The van der Waals surface area contributed by atoms with Gasteiger partial charge >= 0.3 is 6.03 Å². The van der Waals surface area contributed by atoms with Gasteiger partial charge in [0.25, 0.3) is 5.91 Å². The molecule has 0 radical (unpaired) electrons. The summed E-state index contributed by atoms with van der Waals surface area (Å²) in [6, 6.07) is 5.72. The van der Waals surface area contributed by atoms with E-state index in [9.17, 15) is 9.59 Å². The van der Waals surface area contributed by atoms with Gasteiger partial charge in [0, 0.05) is 38.4 Å². The number of aromatic nitrogens is 3. The first kappa shape index (κ1) is 21.6. The van der Waals surface area contributed by atoms with Crippen LogP contribution < -0.4 is 16.4 Å². The van der Waals surface area contributed by atoms with Crippen LogP contribution in [0.5, 0.6) is 0 Å². The second-order valence-electron chi connectivity index (χ2n) is 8.26. The van der Waals surface area contributed by atoms with E-state index in [0.29, 0.717) is 43.1 Å². The molecule has 2 aromatic heterocycles. The van der Waals surface area contributed by atoms with E-state index in [2.05, 4.69) is 46.7 Å². The van der Waals surface area contributed by atoms with E-state index in [1.54, 1.807) is 22.0 Å². The molecule has 3 aromatic rings. The number of nitrogens with two attached hydrogens (primary N) is 1. The number of pyridine rings is 1. The van der Waals surface area contributed by atoms with Crippen molar-refractivity contribution in [3.63, 3.8) is 0 Å². The molecule has 9 nitrogen and oxygen atoms in total. The summed E-state index contributed by atoms with van der Waals surface area (Å²) in [5.74, 6) is -0.214. The van der Waals surface area contributed by atoms with Crippen LogP contribution in [0.4, 0.5) is 10.5 Å². The summed E-state index contributed by atoms with van der Waals surface area (Å²) in [5.41, 5.74) is 10.7. The Balaban J connectivity index is 1.61. The monoisotopic (exact) mass is 435 g/mol. The van der Waals surface area contributed by atoms with Gasteiger partial charge in [0.2, 0.25) is 0 Å². The van der Waals surface area contributed by atoms with Crippen molar-refractivity contribution in [2.45, 2.75) is 46.3 Å². The lowest BCUT2D eigenvalue weighted by Gasteiger charge is -2.19. The van der Waals surface area contributed by atoms with Gasteiger partial charge in [-0.05, 0) is 43.9 Å². The number of nitrogens with one attached hydrogen (secondary N) is 2. The van der Waals surface area contributed by atoms with Gasteiger partial charge in [-0.25, -0.2) is 14.5 Å². The second-order valence-corrected chi connectivity index (χ2v) is 8.26. The average Bonchev–Trinajstić information content (AvgIpc) is 3.41. The number of benzene rings is 1. The van der Waals surface area contributed by atoms with E-state index in [-0.39, 0.29) is 11.9 Å². The molecule has 0 spiro atoms. The van der Waals surface area contributed by atoms with Crippen molar-refractivity contribution < 1.29 is 9.59 Å². The van der Waals surface area contributed by atoms with Crippen LogP contribution in [0.15, 0.2) is 30.6 Å². The maximum absolute atomic E-state index is 13.2. The lowest BCUT2D eigenvalue weighted by molar-refractivity contribution is 0.0951. The highest BCUT2D eigenvalue weighted by Gasteiger charge is 2.27. The maximum Gasteiger partial charge on any atom is 0.314 e.